The number of hydrogen-bond donors (Lipinski definition) is 0. The van der Waals surface area contributed by atoms with Gasteiger partial charge in [-0.15, -0.1) is 0 Å². The molecular formula is C33H72O7Si4. The van der Waals surface area contributed by atoms with Crippen molar-refractivity contribution in [3.05, 3.63) is 60.2 Å². The van der Waals surface area contributed by atoms with Gasteiger partial charge in [-0.1, -0.05) is 116 Å². The second-order valence-electron chi connectivity index (χ2n) is 9.90. The summed E-state index contributed by atoms with van der Waals surface area (Å²) in [7, 11) is 1.75. The van der Waals surface area contributed by atoms with Gasteiger partial charge in [-0.25, -0.2) is 0 Å². The maximum Gasteiger partial charge on any atom is 0.536 e. The first kappa shape index (κ1) is 52.6. The Morgan fingerprint density at radius 3 is 0.932 bits per heavy atom. The van der Waals surface area contributed by atoms with E-state index in [1.54, 1.807) is 42.7 Å². The molecule has 262 valence electrons. The number of benzene rings is 2. The average molecular weight is 693 g/mol. The molecule has 0 aliphatic heterocycles. The number of rotatable bonds is 10. The minimum absolute atomic E-state index is 0.975. The van der Waals surface area contributed by atoms with Crippen LogP contribution in [0.5, 0.6) is 0 Å². The minimum Gasteiger partial charge on any atom is -0.421 e. The Kier molecular flexibility index (Phi) is 36.6. The highest BCUT2D eigenvalue weighted by Crippen LogP contribution is 2.16. The van der Waals surface area contributed by atoms with Gasteiger partial charge in [0.05, 0.1) is 0 Å². The zero-order valence-corrected chi connectivity index (χ0v) is 36.6. The first-order chi connectivity index (χ1) is 20.7. The van der Waals surface area contributed by atoms with E-state index in [1.807, 2.05) is 97.9 Å². The first-order valence-electron chi connectivity index (χ1n) is 15.8. The molecule has 0 N–H and O–H groups in total. The van der Waals surface area contributed by atoms with E-state index in [-0.39, 0.29) is 0 Å². The van der Waals surface area contributed by atoms with Gasteiger partial charge in [0.15, 0.2) is 16.6 Å². The summed E-state index contributed by atoms with van der Waals surface area (Å²) in [6.07, 6.45) is 0. The second-order valence-corrected chi connectivity index (χ2v) is 25.0. The summed E-state index contributed by atoms with van der Waals surface area (Å²) < 4.78 is 38.4. The molecule has 11 heteroatoms. The van der Waals surface area contributed by atoms with Crippen LogP contribution in [0.4, 0.5) is 0 Å². The van der Waals surface area contributed by atoms with Gasteiger partial charge in [-0.3, -0.25) is 0 Å². The second kappa shape index (κ2) is 30.7. The lowest BCUT2D eigenvalue weighted by Gasteiger charge is -2.33. The maximum atomic E-state index is 6.18. The standard InChI is InChI=1S/C12H22O3Si2.C9H14O3Si.C4H12OSi.4C2H6/c1-11-7-9-12(10-8-11)17(13-2,14-3)15-16(4,5)6;1-10-13(11-2,12-3)9-7-5-4-6-8-9;1-5-6(2,3)4;4*1-2/h7-10H,1-6H3;4-8H,1-3H3;1-4H3;4*1-2H3. The molecule has 0 radical (unpaired) electrons. The van der Waals surface area contributed by atoms with Gasteiger partial charge in [-0.05, 0) is 46.2 Å². The Balaban J connectivity index is -0.000000166. The molecule has 7 nitrogen and oxygen atoms in total. The van der Waals surface area contributed by atoms with Crippen LogP contribution in [-0.2, 0) is 30.7 Å². The van der Waals surface area contributed by atoms with Crippen molar-refractivity contribution in [2.24, 2.45) is 0 Å². The van der Waals surface area contributed by atoms with Crippen LogP contribution < -0.4 is 10.4 Å². The third kappa shape index (κ3) is 23.4. The lowest BCUT2D eigenvalue weighted by molar-refractivity contribution is 0.140. The van der Waals surface area contributed by atoms with Crippen LogP contribution in [0.1, 0.15) is 61.0 Å². The largest absolute Gasteiger partial charge is 0.536 e. The van der Waals surface area contributed by atoms with Gasteiger partial charge in [0.1, 0.15) is 0 Å². The van der Waals surface area contributed by atoms with Crippen molar-refractivity contribution in [3.63, 3.8) is 0 Å². The fraction of sp³-hybridized carbons (Fsp3) is 0.636. The summed E-state index contributed by atoms with van der Waals surface area (Å²) in [5.74, 6) is 0. The van der Waals surface area contributed by atoms with E-state index in [0.29, 0.717) is 0 Å². The predicted octanol–water partition coefficient (Wildman–Crippen LogP) is 8.63. The van der Waals surface area contributed by atoms with Crippen molar-refractivity contribution in [2.45, 2.75) is 102 Å². The fourth-order valence-corrected chi connectivity index (χ4v) is 10.3. The third-order valence-corrected chi connectivity index (χ3v) is 14.4. The van der Waals surface area contributed by atoms with Crippen LogP contribution >= 0.6 is 0 Å². The molecule has 2 aromatic carbocycles. The molecule has 0 aliphatic carbocycles. The molecule has 0 saturated heterocycles. The quantitative estimate of drug-likeness (QED) is 0.231. The van der Waals surface area contributed by atoms with E-state index < -0.39 is 34.2 Å². The van der Waals surface area contributed by atoms with E-state index in [1.165, 1.54) is 5.56 Å². The van der Waals surface area contributed by atoms with Crippen LogP contribution in [0.15, 0.2) is 54.6 Å². The van der Waals surface area contributed by atoms with Gasteiger partial charge in [-0.2, -0.15) is 0 Å². The minimum atomic E-state index is -2.72. The molecule has 0 aliphatic rings. The predicted molar refractivity (Wildman–Crippen MR) is 204 cm³/mol. The van der Waals surface area contributed by atoms with Gasteiger partial charge < -0.3 is 30.7 Å². The molecule has 0 bridgehead atoms. The van der Waals surface area contributed by atoms with Crippen molar-refractivity contribution < 1.29 is 30.7 Å². The van der Waals surface area contributed by atoms with Crippen molar-refractivity contribution in [1.82, 2.24) is 0 Å². The summed E-state index contributed by atoms with van der Waals surface area (Å²) in [4.78, 5) is 0. The molecule has 2 rings (SSSR count). The summed E-state index contributed by atoms with van der Waals surface area (Å²) in [6.45, 7) is 31.0. The van der Waals surface area contributed by atoms with Crippen LogP contribution in [0.3, 0.4) is 0 Å². The Morgan fingerprint density at radius 2 is 0.682 bits per heavy atom. The van der Waals surface area contributed by atoms with Crippen molar-refractivity contribution in [3.8, 4) is 0 Å². The van der Waals surface area contributed by atoms with Crippen molar-refractivity contribution in [1.29, 1.82) is 0 Å². The van der Waals surface area contributed by atoms with Gasteiger partial charge in [0.25, 0.3) is 0 Å². The molecular weight excluding hydrogens is 621 g/mol. The van der Waals surface area contributed by atoms with Gasteiger partial charge in [0.2, 0.25) is 0 Å². The molecule has 0 fully saturated rings. The zero-order valence-electron chi connectivity index (χ0n) is 32.6. The molecule has 0 atom stereocenters. The number of hydrogen-bond acceptors (Lipinski definition) is 7. The molecule has 0 spiro atoms. The summed E-state index contributed by atoms with van der Waals surface area (Å²) in [5.41, 5.74) is 1.22. The highest BCUT2D eigenvalue weighted by Gasteiger charge is 2.45. The normalized spacial score (nSPS) is 10.6. The van der Waals surface area contributed by atoms with E-state index in [0.717, 1.165) is 10.4 Å². The molecule has 0 unspecified atom stereocenters. The van der Waals surface area contributed by atoms with Crippen LogP contribution in [-0.4, -0.2) is 76.9 Å². The highest BCUT2D eigenvalue weighted by atomic mass is 28.5. The maximum absolute atomic E-state index is 6.18. The topological polar surface area (TPSA) is 64.6 Å². The average Bonchev–Trinajstić information content (AvgIpc) is 3.05. The first-order valence-corrected chi connectivity index (χ1v) is 26.1. The van der Waals surface area contributed by atoms with E-state index >= 15 is 0 Å². The summed E-state index contributed by atoms with van der Waals surface area (Å²) >= 11 is 0. The monoisotopic (exact) mass is 692 g/mol. The molecule has 0 aromatic heterocycles. The Morgan fingerprint density at radius 1 is 0.386 bits per heavy atom. The molecule has 0 saturated carbocycles. The fourth-order valence-electron chi connectivity index (χ4n) is 2.87. The summed E-state index contributed by atoms with van der Waals surface area (Å²) in [6, 6.07) is 17.9. The summed E-state index contributed by atoms with van der Waals surface area (Å²) in [5, 5.41) is 2.00. The van der Waals surface area contributed by atoms with Crippen LogP contribution in [0, 0.1) is 6.92 Å². The van der Waals surface area contributed by atoms with Gasteiger partial charge in [0, 0.05) is 53.0 Å². The Labute approximate surface area is 278 Å². The molecule has 0 heterocycles. The smallest absolute Gasteiger partial charge is 0.421 e. The zero-order chi connectivity index (χ0) is 36.0. The van der Waals surface area contributed by atoms with E-state index in [9.17, 15) is 0 Å². The van der Waals surface area contributed by atoms with Crippen LogP contribution in [0.25, 0.3) is 0 Å². The van der Waals surface area contributed by atoms with Crippen molar-refractivity contribution in [2.75, 3.05) is 42.7 Å². The Hall–Kier alpha value is -0.972. The van der Waals surface area contributed by atoms with Gasteiger partial charge >= 0.3 is 17.6 Å². The van der Waals surface area contributed by atoms with Crippen LogP contribution in [0.2, 0.25) is 39.3 Å². The lowest BCUT2D eigenvalue weighted by atomic mass is 10.2. The molecule has 0 amide bonds. The highest BCUT2D eigenvalue weighted by molar-refractivity contribution is 6.86. The molecule has 2 aromatic rings. The van der Waals surface area contributed by atoms with E-state index in [2.05, 4.69) is 58.3 Å². The third-order valence-electron chi connectivity index (χ3n) is 4.93. The SMILES string of the molecule is CC.CC.CC.CC.CO[Si](C)(C)C.CO[Si](OC)(OC)c1ccccc1.CO[Si](OC)(O[Si](C)(C)C)c1ccc(C)cc1. The molecule has 44 heavy (non-hydrogen) atoms. The Bertz CT molecular complexity index is 826. The van der Waals surface area contributed by atoms with E-state index in [4.69, 9.17) is 30.7 Å². The number of aryl methyl sites for hydroxylation is 1. The van der Waals surface area contributed by atoms with Crippen molar-refractivity contribution >= 4 is 44.6 Å². The lowest BCUT2D eigenvalue weighted by Crippen LogP contribution is -2.59.